The molecule has 2 heterocycles. The number of carbonyl (C=O) groups is 1. The Labute approximate surface area is 143 Å². The number of nitrogens with zero attached hydrogens (tertiary/aromatic N) is 1. The number of thiazole rings is 1. The fourth-order valence-corrected chi connectivity index (χ4v) is 5.31. The Kier molecular flexibility index (Phi) is 4.70. The van der Waals surface area contributed by atoms with Crippen LogP contribution in [0.2, 0.25) is 5.02 Å². The van der Waals surface area contributed by atoms with E-state index in [1.165, 1.54) is 11.3 Å². The molecular weight excluding hydrogens is 356 g/mol. The third kappa shape index (κ3) is 4.10. The Morgan fingerprint density at radius 2 is 2.17 bits per heavy atom. The molecule has 1 amide bonds. The van der Waals surface area contributed by atoms with Crippen LogP contribution in [0.5, 0.6) is 0 Å². The number of aromatic nitrogens is 1. The van der Waals surface area contributed by atoms with Crippen molar-refractivity contribution in [3.8, 4) is 10.6 Å². The molecule has 1 fully saturated rings. The van der Waals surface area contributed by atoms with E-state index in [-0.39, 0.29) is 29.9 Å². The third-order valence-corrected chi connectivity index (χ3v) is 6.62. The Hall–Kier alpha value is -1.44. The number of sulfone groups is 1. The standard InChI is InChI=1S/C15H15ClN2O3S2/c16-13-4-2-1-3-12(13)15-18-11(8-22-15)7-14(19)17-10-5-6-23(20,21)9-10/h1-4,8,10H,5-7,9H2,(H,17,19)/t10-/m0/s1. The minimum Gasteiger partial charge on any atom is -0.352 e. The lowest BCUT2D eigenvalue weighted by atomic mass is 10.2. The van der Waals surface area contributed by atoms with Crippen LogP contribution in [0.1, 0.15) is 12.1 Å². The van der Waals surface area contributed by atoms with Crippen molar-refractivity contribution in [1.82, 2.24) is 10.3 Å². The fourth-order valence-electron chi connectivity index (χ4n) is 2.50. The number of hydrogen-bond acceptors (Lipinski definition) is 5. The summed E-state index contributed by atoms with van der Waals surface area (Å²) < 4.78 is 22.8. The first-order chi connectivity index (χ1) is 10.9. The van der Waals surface area contributed by atoms with Crippen molar-refractivity contribution in [3.05, 3.63) is 40.4 Å². The minimum absolute atomic E-state index is 0.0285. The summed E-state index contributed by atoms with van der Waals surface area (Å²) in [5.41, 5.74) is 1.50. The molecule has 1 aliphatic rings. The number of nitrogens with one attached hydrogen (secondary N) is 1. The van der Waals surface area contributed by atoms with Gasteiger partial charge in [-0.2, -0.15) is 0 Å². The van der Waals surface area contributed by atoms with Crippen LogP contribution in [0, 0.1) is 0 Å². The van der Waals surface area contributed by atoms with Gasteiger partial charge in [-0.25, -0.2) is 13.4 Å². The minimum atomic E-state index is -2.99. The van der Waals surface area contributed by atoms with Gasteiger partial charge in [0.2, 0.25) is 5.91 Å². The molecule has 1 atom stereocenters. The number of carbonyl (C=O) groups excluding carboxylic acids is 1. The predicted molar refractivity (Wildman–Crippen MR) is 91.5 cm³/mol. The molecule has 0 bridgehead atoms. The molecule has 1 N–H and O–H groups in total. The highest BCUT2D eigenvalue weighted by atomic mass is 35.5. The molecule has 8 heteroatoms. The lowest BCUT2D eigenvalue weighted by molar-refractivity contribution is -0.121. The number of hydrogen-bond donors (Lipinski definition) is 1. The summed E-state index contributed by atoms with van der Waals surface area (Å²) in [4.78, 5) is 16.5. The summed E-state index contributed by atoms with van der Waals surface area (Å²) in [5, 5.41) is 5.97. The quantitative estimate of drug-likeness (QED) is 0.896. The van der Waals surface area contributed by atoms with Crippen LogP contribution in [0.15, 0.2) is 29.6 Å². The van der Waals surface area contributed by atoms with Crippen LogP contribution < -0.4 is 5.32 Å². The molecule has 2 aromatic rings. The zero-order valence-corrected chi connectivity index (χ0v) is 14.5. The Morgan fingerprint density at radius 3 is 2.87 bits per heavy atom. The predicted octanol–water partition coefficient (Wildman–Crippen LogP) is 2.31. The number of benzene rings is 1. The molecule has 5 nitrogen and oxygen atoms in total. The molecule has 1 aromatic heterocycles. The van der Waals surface area contributed by atoms with E-state index in [2.05, 4.69) is 10.3 Å². The normalized spacial score (nSPS) is 19.6. The van der Waals surface area contributed by atoms with E-state index in [1.807, 2.05) is 23.6 Å². The lowest BCUT2D eigenvalue weighted by Gasteiger charge is -2.09. The number of halogens is 1. The van der Waals surface area contributed by atoms with Gasteiger partial charge in [0.1, 0.15) is 5.01 Å². The highest BCUT2D eigenvalue weighted by molar-refractivity contribution is 7.91. The molecule has 1 aromatic carbocycles. The van der Waals surface area contributed by atoms with Crippen LogP contribution in [0.25, 0.3) is 10.6 Å². The van der Waals surface area contributed by atoms with E-state index in [1.54, 1.807) is 6.07 Å². The molecule has 0 unspecified atom stereocenters. The lowest BCUT2D eigenvalue weighted by Crippen LogP contribution is -2.36. The van der Waals surface area contributed by atoms with E-state index >= 15 is 0 Å². The highest BCUT2D eigenvalue weighted by Crippen LogP contribution is 2.30. The van der Waals surface area contributed by atoms with Crippen molar-refractivity contribution in [2.75, 3.05) is 11.5 Å². The van der Waals surface area contributed by atoms with Gasteiger partial charge in [0, 0.05) is 17.0 Å². The molecule has 3 rings (SSSR count). The van der Waals surface area contributed by atoms with Gasteiger partial charge < -0.3 is 5.32 Å². The van der Waals surface area contributed by atoms with Crippen molar-refractivity contribution in [3.63, 3.8) is 0 Å². The molecule has 122 valence electrons. The third-order valence-electron chi connectivity index (χ3n) is 3.60. The average molecular weight is 371 g/mol. The van der Waals surface area contributed by atoms with Crippen LogP contribution in [-0.2, 0) is 21.1 Å². The van der Waals surface area contributed by atoms with Crippen LogP contribution in [0.4, 0.5) is 0 Å². The van der Waals surface area contributed by atoms with Gasteiger partial charge in [-0.3, -0.25) is 4.79 Å². The zero-order chi connectivity index (χ0) is 16.4. The first-order valence-corrected chi connectivity index (χ1v) is 10.2. The number of amides is 1. The van der Waals surface area contributed by atoms with Crippen LogP contribution in [-0.4, -0.2) is 36.9 Å². The van der Waals surface area contributed by atoms with E-state index in [4.69, 9.17) is 11.6 Å². The molecule has 1 aliphatic heterocycles. The zero-order valence-electron chi connectivity index (χ0n) is 12.2. The molecule has 23 heavy (non-hydrogen) atoms. The SMILES string of the molecule is O=C(Cc1csc(-c2ccccc2Cl)n1)N[C@H]1CCS(=O)(=O)C1. The maximum atomic E-state index is 12.0. The highest BCUT2D eigenvalue weighted by Gasteiger charge is 2.28. The van der Waals surface area contributed by atoms with Crippen molar-refractivity contribution >= 4 is 38.7 Å². The fraction of sp³-hybridized carbons (Fsp3) is 0.333. The first-order valence-electron chi connectivity index (χ1n) is 7.12. The summed E-state index contributed by atoms with van der Waals surface area (Å²) in [6.07, 6.45) is 0.619. The second kappa shape index (κ2) is 6.59. The maximum absolute atomic E-state index is 12.0. The van der Waals surface area contributed by atoms with Gasteiger partial charge in [-0.15, -0.1) is 11.3 Å². The Morgan fingerprint density at radius 1 is 1.39 bits per heavy atom. The van der Waals surface area contributed by atoms with Crippen molar-refractivity contribution in [1.29, 1.82) is 0 Å². The molecule has 0 radical (unpaired) electrons. The van der Waals surface area contributed by atoms with Gasteiger partial charge >= 0.3 is 0 Å². The summed E-state index contributed by atoms with van der Waals surface area (Å²) >= 11 is 7.57. The van der Waals surface area contributed by atoms with Crippen LogP contribution in [0.3, 0.4) is 0 Å². The van der Waals surface area contributed by atoms with Gasteiger partial charge in [-0.1, -0.05) is 29.8 Å². The molecule has 0 saturated carbocycles. The van der Waals surface area contributed by atoms with Crippen molar-refractivity contribution < 1.29 is 13.2 Å². The van der Waals surface area contributed by atoms with Crippen molar-refractivity contribution in [2.24, 2.45) is 0 Å². The largest absolute Gasteiger partial charge is 0.352 e. The maximum Gasteiger partial charge on any atom is 0.226 e. The van der Waals surface area contributed by atoms with Crippen LogP contribution >= 0.6 is 22.9 Å². The van der Waals surface area contributed by atoms with Gasteiger partial charge in [-0.05, 0) is 12.5 Å². The smallest absolute Gasteiger partial charge is 0.226 e. The monoisotopic (exact) mass is 370 g/mol. The first kappa shape index (κ1) is 16.4. The topological polar surface area (TPSA) is 76.1 Å². The Bertz CT molecular complexity index is 833. The van der Waals surface area contributed by atoms with E-state index in [0.29, 0.717) is 17.1 Å². The molecule has 1 saturated heterocycles. The molecular formula is C15H15ClN2O3S2. The second-order valence-electron chi connectivity index (χ2n) is 5.47. The Balaban J connectivity index is 1.63. The average Bonchev–Trinajstić information content (AvgIpc) is 3.06. The van der Waals surface area contributed by atoms with Gasteiger partial charge in [0.05, 0.1) is 28.6 Å². The summed E-state index contributed by atoms with van der Waals surface area (Å²) in [6.45, 7) is 0. The molecule has 0 aliphatic carbocycles. The van der Waals surface area contributed by atoms with E-state index in [9.17, 15) is 13.2 Å². The molecule has 0 spiro atoms. The van der Waals surface area contributed by atoms with E-state index < -0.39 is 9.84 Å². The second-order valence-corrected chi connectivity index (χ2v) is 8.96. The van der Waals surface area contributed by atoms with E-state index in [0.717, 1.165) is 10.6 Å². The van der Waals surface area contributed by atoms with Gasteiger partial charge in [0.25, 0.3) is 0 Å². The van der Waals surface area contributed by atoms with Crippen molar-refractivity contribution in [2.45, 2.75) is 18.9 Å². The summed E-state index contributed by atoms with van der Waals surface area (Å²) in [6, 6.07) is 7.13. The summed E-state index contributed by atoms with van der Waals surface area (Å²) in [7, 11) is -2.99. The number of rotatable bonds is 4. The summed E-state index contributed by atoms with van der Waals surface area (Å²) in [5.74, 6) is -0.0329. The van der Waals surface area contributed by atoms with Gasteiger partial charge in [0.15, 0.2) is 9.84 Å².